The van der Waals surface area contributed by atoms with Gasteiger partial charge in [0.05, 0.1) is 52.9 Å². The molecule has 62 heavy (non-hydrogen) atoms. The number of nitrogens with zero attached hydrogens (tertiary/aromatic N) is 5. The number of amides is 1. The number of ether oxygens (including phenoxy) is 5. The van der Waals surface area contributed by atoms with E-state index in [0.717, 1.165) is 16.7 Å². The van der Waals surface area contributed by atoms with Gasteiger partial charge in [-0.3, -0.25) is 24.5 Å². The predicted molar refractivity (Wildman–Crippen MR) is 233 cm³/mol. The van der Waals surface area contributed by atoms with Crippen LogP contribution in [0.4, 0.5) is 5.95 Å². The fraction of sp³-hybridized carbons (Fsp3) is 0.444. The lowest BCUT2D eigenvalue weighted by Crippen LogP contribution is -2.49. The fourth-order valence-electron chi connectivity index (χ4n) is 8.00. The molecular weight excluding hydrogens is 814 g/mol. The topological polar surface area (TPSA) is 184 Å². The summed E-state index contributed by atoms with van der Waals surface area (Å²) in [6, 6.07) is 27.7. The van der Waals surface area contributed by atoms with Gasteiger partial charge in [0.15, 0.2) is 17.4 Å². The molecule has 0 spiro atoms. The number of H-pyrrole nitrogens is 1. The molecule has 2 fully saturated rings. The van der Waals surface area contributed by atoms with Crippen LogP contribution in [-0.2, 0) is 33.7 Å². The van der Waals surface area contributed by atoms with Crippen molar-refractivity contribution < 1.29 is 37.5 Å². The number of nitriles is 1. The molecule has 4 heterocycles. The SMILES string of the molecule is COc1ccc(C(OC[C@]23CO[C@@H](C2OP(OCCC#N)N(C(C)C)C(C)C)[C@H](n2cnc4c(=O)[nH]c(NC(=O)C(C)C)nc42)O3)(c2ccccc2)c2ccc(OC)cc2)cc1. The third kappa shape index (κ3) is 8.71. The molecule has 328 valence electrons. The highest BCUT2D eigenvalue weighted by atomic mass is 31.2. The van der Waals surface area contributed by atoms with Gasteiger partial charge in [0.25, 0.3) is 14.1 Å². The number of benzene rings is 3. The third-order valence-corrected chi connectivity index (χ3v) is 13.1. The van der Waals surface area contributed by atoms with E-state index in [1.165, 1.54) is 6.33 Å². The molecule has 2 bridgehead atoms. The predicted octanol–water partition coefficient (Wildman–Crippen LogP) is 7.07. The number of anilines is 1. The molecule has 0 radical (unpaired) electrons. The van der Waals surface area contributed by atoms with Gasteiger partial charge in [-0.05, 0) is 68.7 Å². The van der Waals surface area contributed by atoms with Crippen LogP contribution in [0.15, 0.2) is 90.0 Å². The Hall–Kier alpha value is -5.24. The zero-order chi connectivity index (χ0) is 44.2. The number of imidazole rings is 1. The third-order valence-electron chi connectivity index (χ3n) is 11.0. The number of carbonyl (C=O) groups excluding carboxylic acids is 1. The van der Waals surface area contributed by atoms with Crippen molar-refractivity contribution in [2.75, 3.05) is 39.4 Å². The Labute approximate surface area is 362 Å². The first-order chi connectivity index (χ1) is 29.8. The van der Waals surface area contributed by atoms with E-state index in [4.69, 9.17) is 32.7 Å². The van der Waals surface area contributed by atoms with Gasteiger partial charge in [0.1, 0.15) is 34.9 Å². The van der Waals surface area contributed by atoms with Gasteiger partial charge in [-0.2, -0.15) is 10.2 Å². The number of methoxy groups -OCH3 is 2. The molecule has 2 aromatic heterocycles. The summed E-state index contributed by atoms with van der Waals surface area (Å²) in [5.41, 5.74) is -0.305. The van der Waals surface area contributed by atoms with E-state index >= 15 is 0 Å². The van der Waals surface area contributed by atoms with E-state index in [1.54, 1.807) is 32.6 Å². The van der Waals surface area contributed by atoms with Crippen molar-refractivity contribution in [2.45, 2.75) is 89.7 Å². The molecule has 3 aromatic carbocycles. The van der Waals surface area contributed by atoms with E-state index in [2.05, 4.69) is 58.7 Å². The van der Waals surface area contributed by atoms with Crippen molar-refractivity contribution in [3.63, 3.8) is 0 Å². The average molecular weight is 868 g/mol. The minimum Gasteiger partial charge on any atom is -0.497 e. The van der Waals surface area contributed by atoms with Crippen LogP contribution in [0.1, 0.15) is 70.9 Å². The van der Waals surface area contributed by atoms with E-state index in [9.17, 15) is 14.9 Å². The van der Waals surface area contributed by atoms with Crippen LogP contribution in [0.25, 0.3) is 11.2 Å². The van der Waals surface area contributed by atoms with Crippen molar-refractivity contribution in [1.29, 1.82) is 5.26 Å². The van der Waals surface area contributed by atoms with Gasteiger partial charge in [0.2, 0.25) is 11.9 Å². The second kappa shape index (κ2) is 19.0. The minimum absolute atomic E-state index is 0.0101. The highest BCUT2D eigenvalue weighted by Crippen LogP contribution is 2.56. The second-order valence-electron chi connectivity index (χ2n) is 16.1. The summed E-state index contributed by atoms with van der Waals surface area (Å²) in [4.78, 5) is 37.7. The maximum absolute atomic E-state index is 13.3. The van der Waals surface area contributed by atoms with Gasteiger partial charge >= 0.3 is 0 Å². The number of aromatic amines is 1. The maximum Gasteiger partial charge on any atom is 0.280 e. The van der Waals surface area contributed by atoms with Crippen LogP contribution < -0.4 is 20.3 Å². The summed E-state index contributed by atoms with van der Waals surface area (Å²) in [7, 11) is 1.45. The fourth-order valence-corrected chi connectivity index (χ4v) is 9.82. The molecule has 17 heteroatoms. The highest BCUT2D eigenvalue weighted by Gasteiger charge is 2.65. The molecule has 2 aliphatic heterocycles. The first-order valence-corrected chi connectivity index (χ1v) is 21.8. The summed E-state index contributed by atoms with van der Waals surface area (Å²) in [5.74, 6) is 0.665. The van der Waals surface area contributed by atoms with Crippen LogP contribution >= 0.6 is 8.53 Å². The van der Waals surface area contributed by atoms with E-state index < -0.39 is 43.7 Å². The van der Waals surface area contributed by atoms with Crippen molar-refractivity contribution in [1.82, 2.24) is 24.2 Å². The molecule has 0 saturated carbocycles. The standard InChI is InChI=1S/C45H54N7O9P/c1-28(2)40(53)49-43-48-39-36(41(54)50-43)47-27-51(39)42-37-38(61-62(59-24-12-23-46)52(29(3)4)30(5)6)44(60-42,25-57-37)26-58-45(31-13-10-9-11-14-31,32-15-19-34(55-7)20-16-32)33-17-21-35(56-8)22-18-33/h9-11,13-22,27-30,37-38,42H,12,24-26H2,1-8H3,(H2,48,49,50,53,54)/t37-,38?,42+,44+,62?/m0/s1. The quantitative estimate of drug-likeness (QED) is 0.0489. The van der Waals surface area contributed by atoms with Crippen LogP contribution in [0.2, 0.25) is 0 Å². The summed E-state index contributed by atoms with van der Waals surface area (Å²) in [6.45, 7) is 11.9. The lowest BCUT2D eigenvalue weighted by molar-refractivity contribution is -0.202. The molecule has 2 saturated heterocycles. The van der Waals surface area contributed by atoms with Crippen LogP contribution in [-0.4, -0.2) is 94.0 Å². The smallest absolute Gasteiger partial charge is 0.280 e. The lowest BCUT2D eigenvalue weighted by Gasteiger charge is -2.41. The molecule has 5 atom stereocenters. The first kappa shape index (κ1) is 44.8. The largest absolute Gasteiger partial charge is 0.497 e. The molecule has 0 aliphatic carbocycles. The first-order valence-electron chi connectivity index (χ1n) is 20.7. The molecule has 5 aromatic rings. The Balaban J connectivity index is 1.37. The molecule has 2 unspecified atom stereocenters. The molecule has 2 N–H and O–H groups in total. The highest BCUT2D eigenvalue weighted by molar-refractivity contribution is 7.44. The number of nitrogens with one attached hydrogen (secondary N) is 2. The number of fused-ring (bicyclic) bond motifs is 3. The van der Waals surface area contributed by atoms with Crippen molar-refractivity contribution in [3.05, 3.63) is 112 Å². The summed E-state index contributed by atoms with van der Waals surface area (Å²) >= 11 is 0. The molecule has 1 amide bonds. The monoisotopic (exact) mass is 867 g/mol. The van der Waals surface area contributed by atoms with Crippen molar-refractivity contribution in [3.8, 4) is 17.6 Å². The molecule has 16 nitrogen and oxygen atoms in total. The Bertz CT molecular complexity index is 2350. The Morgan fingerprint density at radius 2 is 1.60 bits per heavy atom. The van der Waals surface area contributed by atoms with Gasteiger partial charge in [-0.25, -0.2) is 9.65 Å². The van der Waals surface area contributed by atoms with Gasteiger partial charge < -0.3 is 32.7 Å². The molecular formula is C45H54N7O9P. The van der Waals surface area contributed by atoms with E-state index in [-0.39, 0.29) is 67.3 Å². The van der Waals surface area contributed by atoms with Crippen LogP contribution in [0, 0.1) is 17.2 Å². The molecule has 7 rings (SSSR count). The van der Waals surface area contributed by atoms with Gasteiger partial charge in [-0.15, -0.1) is 0 Å². The van der Waals surface area contributed by atoms with E-state index in [0.29, 0.717) is 11.5 Å². The van der Waals surface area contributed by atoms with Gasteiger partial charge in [-0.1, -0.05) is 68.4 Å². The Morgan fingerprint density at radius 3 is 2.16 bits per heavy atom. The van der Waals surface area contributed by atoms with Crippen LogP contribution in [0.3, 0.4) is 0 Å². The lowest BCUT2D eigenvalue weighted by atomic mass is 9.79. The minimum atomic E-state index is -1.79. The van der Waals surface area contributed by atoms with Crippen molar-refractivity contribution >= 4 is 31.5 Å². The summed E-state index contributed by atoms with van der Waals surface area (Å²) in [6.07, 6.45) is -0.846. The zero-order valence-corrected chi connectivity index (χ0v) is 37.1. The normalized spacial score (nSPS) is 20.3. The number of aromatic nitrogens is 4. The Kier molecular flexibility index (Phi) is 13.7. The van der Waals surface area contributed by atoms with Crippen molar-refractivity contribution in [2.24, 2.45) is 5.92 Å². The molecule has 2 aliphatic rings. The van der Waals surface area contributed by atoms with Crippen LogP contribution in [0.5, 0.6) is 11.5 Å². The van der Waals surface area contributed by atoms with E-state index in [1.807, 2.05) is 78.9 Å². The number of carbonyl (C=O) groups is 1. The zero-order valence-electron chi connectivity index (χ0n) is 36.2. The average Bonchev–Trinajstić information content (AvgIpc) is 3.94. The number of rotatable bonds is 19. The number of hydrogen-bond acceptors (Lipinski definition) is 13. The maximum atomic E-state index is 13.3. The Morgan fingerprint density at radius 1 is 0.984 bits per heavy atom. The second-order valence-corrected chi connectivity index (χ2v) is 17.5. The summed E-state index contributed by atoms with van der Waals surface area (Å²) < 4.78 is 49.8. The number of hydrogen-bond donors (Lipinski definition) is 2. The summed E-state index contributed by atoms with van der Waals surface area (Å²) in [5, 5.41) is 12.2. The van der Waals surface area contributed by atoms with Gasteiger partial charge in [0, 0.05) is 18.0 Å².